The molecule has 2 atom stereocenters. The lowest BCUT2D eigenvalue weighted by Gasteiger charge is -2.33. The summed E-state index contributed by atoms with van der Waals surface area (Å²) in [6, 6.07) is -0.104. The summed E-state index contributed by atoms with van der Waals surface area (Å²) in [4.78, 5) is 13.8. The van der Waals surface area contributed by atoms with E-state index in [2.05, 4.69) is 0 Å². The third-order valence-corrected chi connectivity index (χ3v) is 2.98. The fraction of sp³-hybridized carbons (Fsp3) is 0.923. The molecule has 4 heteroatoms. The summed E-state index contributed by atoms with van der Waals surface area (Å²) in [7, 11) is 0. The molecular weight excluding hydrogens is 218 g/mol. The van der Waals surface area contributed by atoms with Crippen LogP contribution in [0.15, 0.2) is 0 Å². The highest BCUT2D eigenvalue weighted by Crippen LogP contribution is 2.22. The first kappa shape index (κ1) is 14.3. The van der Waals surface area contributed by atoms with Crippen LogP contribution in [0.25, 0.3) is 0 Å². The average molecular weight is 243 g/mol. The first-order valence-electron chi connectivity index (χ1n) is 6.49. The van der Waals surface area contributed by atoms with Gasteiger partial charge in [0.1, 0.15) is 5.60 Å². The number of amides is 1. The highest BCUT2D eigenvalue weighted by molar-refractivity contribution is 5.68. The van der Waals surface area contributed by atoms with Crippen molar-refractivity contribution in [3.63, 3.8) is 0 Å². The number of carbonyl (C=O) groups excluding carboxylic acids is 1. The third kappa shape index (κ3) is 4.54. The molecule has 0 aromatic heterocycles. The van der Waals surface area contributed by atoms with Gasteiger partial charge in [0, 0.05) is 6.54 Å². The summed E-state index contributed by atoms with van der Waals surface area (Å²) >= 11 is 0. The molecule has 0 aromatic rings. The van der Waals surface area contributed by atoms with Crippen molar-refractivity contribution in [1.29, 1.82) is 0 Å². The summed E-state index contributed by atoms with van der Waals surface area (Å²) in [6.45, 7) is 8.01. The summed E-state index contributed by atoms with van der Waals surface area (Å²) in [5.74, 6) is 0. The number of rotatable bonds is 1. The Hall–Kier alpha value is -0.770. The molecule has 1 heterocycles. The summed E-state index contributed by atoms with van der Waals surface area (Å²) in [5.41, 5.74) is -0.480. The van der Waals surface area contributed by atoms with E-state index in [4.69, 9.17) is 4.74 Å². The van der Waals surface area contributed by atoms with Gasteiger partial charge in [0.15, 0.2) is 0 Å². The molecule has 1 aliphatic rings. The second kappa shape index (κ2) is 5.71. The molecule has 0 radical (unpaired) electrons. The number of nitrogens with zero attached hydrogens (tertiary/aromatic N) is 1. The van der Waals surface area contributed by atoms with Gasteiger partial charge in [0.2, 0.25) is 0 Å². The number of ether oxygens (including phenoxy) is 1. The molecule has 4 nitrogen and oxygen atoms in total. The third-order valence-electron chi connectivity index (χ3n) is 2.98. The first-order valence-corrected chi connectivity index (χ1v) is 6.49. The van der Waals surface area contributed by atoms with Gasteiger partial charge in [-0.1, -0.05) is 12.8 Å². The largest absolute Gasteiger partial charge is 0.444 e. The van der Waals surface area contributed by atoms with Gasteiger partial charge >= 0.3 is 6.09 Å². The Labute approximate surface area is 104 Å². The van der Waals surface area contributed by atoms with E-state index in [1.807, 2.05) is 20.8 Å². The van der Waals surface area contributed by atoms with Gasteiger partial charge in [-0.3, -0.25) is 0 Å². The van der Waals surface area contributed by atoms with Crippen molar-refractivity contribution < 1.29 is 14.6 Å². The zero-order chi connectivity index (χ0) is 13.1. The van der Waals surface area contributed by atoms with E-state index in [1.54, 1.807) is 11.8 Å². The van der Waals surface area contributed by atoms with Gasteiger partial charge in [-0.15, -0.1) is 0 Å². The number of carbonyl (C=O) groups is 1. The Bertz CT molecular complexity index is 258. The minimum atomic E-state index is -0.499. The Balaban J connectivity index is 2.72. The van der Waals surface area contributed by atoms with E-state index in [9.17, 15) is 9.90 Å². The van der Waals surface area contributed by atoms with Crippen LogP contribution in [0.5, 0.6) is 0 Å². The highest BCUT2D eigenvalue weighted by atomic mass is 16.6. The van der Waals surface area contributed by atoms with Gasteiger partial charge < -0.3 is 14.7 Å². The minimum Gasteiger partial charge on any atom is -0.444 e. The number of aliphatic hydroxyl groups is 1. The van der Waals surface area contributed by atoms with Gasteiger partial charge in [0.05, 0.1) is 12.1 Å². The van der Waals surface area contributed by atoms with Crippen LogP contribution in [0.4, 0.5) is 4.79 Å². The van der Waals surface area contributed by atoms with Crippen LogP contribution < -0.4 is 0 Å². The predicted molar refractivity (Wildman–Crippen MR) is 66.9 cm³/mol. The molecule has 0 bridgehead atoms. The van der Waals surface area contributed by atoms with E-state index < -0.39 is 11.7 Å². The van der Waals surface area contributed by atoms with Crippen LogP contribution in [0, 0.1) is 0 Å². The molecule has 1 rings (SSSR count). The van der Waals surface area contributed by atoms with Crippen LogP contribution in [-0.4, -0.2) is 40.4 Å². The van der Waals surface area contributed by atoms with Crippen molar-refractivity contribution in [3.05, 3.63) is 0 Å². The second-order valence-corrected chi connectivity index (χ2v) is 5.83. The SMILES string of the molecule is CC(O)[C@@H]1CCCCCN1C(=O)OC(C)(C)C. The van der Waals surface area contributed by atoms with Gasteiger partial charge in [-0.2, -0.15) is 0 Å². The number of hydrogen-bond acceptors (Lipinski definition) is 3. The Morgan fingerprint density at radius 3 is 2.53 bits per heavy atom. The molecule has 0 aromatic carbocycles. The zero-order valence-electron chi connectivity index (χ0n) is 11.4. The maximum absolute atomic E-state index is 12.1. The van der Waals surface area contributed by atoms with E-state index in [0.29, 0.717) is 6.54 Å². The minimum absolute atomic E-state index is 0.104. The van der Waals surface area contributed by atoms with E-state index in [1.165, 1.54) is 0 Å². The van der Waals surface area contributed by atoms with Crippen molar-refractivity contribution in [3.8, 4) is 0 Å². The van der Waals surface area contributed by atoms with Crippen LogP contribution in [-0.2, 0) is 4.74 Å². The molecule has 100 valence electrons. The number of aliphatic hydroxyl groups excluding tert-OH is 1. The predicted octanol–water partition coefficient (Wildman–Crippen LogP) is 2.55. The molecule has 1 saturated heterocycles. The second-order valence-electron chi connectivity index (χ2n) is 5.83. The van der Waals surface area contributed by atoms with E-state index in [-0.39, 0.29) is 12.1 Å². The topological polar surface area (TPSA) is 49.8 Å². The van der Waals surface area contributed by atoms with Crippen molar-refractivity contribution in [2.75, 3.05) is 6.54 Å². The molecule has 1 amide bonds. The number of likely N-dealkylation sites (tertiary alicyclic amines) is 1. The molecular formula is C13H25NO3. The summed E-state index contributed by atoms with van der Waals surface area (Å²) < 4.78 is 5.39. The van der Waals surface area contributed by atoms with Crippen molar-refractivity contribution >= 4 is 6.09 Å². The summed E-state index contributed by atoms with van der Waals surface area (Å²) in [5, 5.41) is 9.77. The maximum atomic E-state index is 12.1. The lowest BCUT2D eigenvalue weighted by Crippen LogP contribution is -2.47. The normalized spacial score (nSPS) is 24.1. The van der Waals surface area contributed by atoms with Gasteiger partial charge in [-0.05, 0) is 40.5 Å². The summed E-state index contributed by atoms with van der Waals surface area (Å²) in [6.07, 6.45) is 3.22. The lowest BCUT2D eigenvalue weighted by atomic mass is 10.1. The highest BCUT2D eigenvalue weighted by Gasteiger charge is 2.31. The maximum Gasteiger partial charge on any atom is 0.410 e. The lowest BCUT2D eigenvalue weighted by molar-refractivity contribution is -0.00202. The fourth-order valence-electron chi connectivity index (χ4n) is 2.18. The smallest absolute Gasteiger partial charge is 0.410 e. The van der Waals surface area contributed by atoms with Crippen LogP contribution in [0.1, 0.15) is 53.4 Å². The fourth-order valence-corrected chi connectivity index (χ4v) is 2.18. The Morgan fingerprint density at radius 1 is 1.35 bits per heavy atom. The molecule has 1 N–H and O–H groups in total. The number of hydrogen-bond donors (Lipinski definition) is 1. The molecule has 0 aliphatic carbocycles. The molecule has 1 aliphatic heterocycles. The van der Waals surface area contributed by atoms with Crippen LogP contribution in [0.2, 0.25) is 0 Å². The van der Waals surface area contributed by atoms with Crippen LogP contribution >= 0.6 is 0 Å². The quantitative estimate of drug-likeness (QED) is 0.770. The van der Waals surface area contributed by atoms with E-state index in [0.717, 1.165) is 25.7 Å². The zero-order valence-corrected chi connectivity index (χ0v) is 11.4. The Morgan fingerprint density at radius 2 is 2.00 bits per heavy atom. The van der Waals surface area contributed by atoms with Crippen molar-refractivity contribution in [2.45, 2.75) is 71.1 Å². The van der Waals surface area contributed by atoms with Crippen molar-refractivity contribution in [1.82, 2.24) is 4.90 Å². The van der Waals surface area contributed by atoms with Crippen molar-refractivity contribution in [2.24, 2.45) is 0 Å². The first-order chi connectivity index (χ1) is 7.81. The van der Waals surface area contributed by atoms with Crippen LogP contribution in [0.3, 0.4) is 0 Å². The molecule has 1 fully saturated rings. The Kier molecular flexibility index (Phi) is 4.80. The van der Waals surface area contributed by atoms with Gasteiger partial charge in [-0.25, -0.2) is 4.79 Å². The van der Waals surface area contributed by atoms with Gasteiger partial charge in [0.25, 0.3) is 0 Å². The molecule has 0 saturated carbocycles. The average Bonchev–Trinajstić information content (AvgIpc) is 2.39. The standard InChI is InChI=1S/C13H25NO3/c1-10(15)11-8-6-5-7-9-14(11)12(16)17-13(2,3)4/h10-11,15H,5-9H2,1-4H3/t10?,11-/m0/s1. The van der Waals surface area contributed by atoms with E-state index >= 15 is 0 Å². The molecule has 17 heavy (non-hydrogen) atoms. The monoisotopic (exact) mass is 243 g/mol. The molecule has 1 unspecified atom stereocenters. The molecule has 0 spiro atoms.